The molecule has 1 rings (SSSR count). The zero-order chi connectivity index (χ0) is 16.9. The molecule has 22 heavy (non-hydrogen) atoms. The molecule has 1 aromatic carbocycles. The van der Waals surface area contributed by atoms with E-state index in [1.807, 2.05) is 19.1 Å². The maximum atomic E-state index is 6.57. The van der Waals surface area contributed by atoms with Crippen molar-refractivity contribution in [2.45, 2.75) is 65.1 Å². The van der Waals surface area contributed by atoms with Crippen LogP contribution in [0.25, 0.3) is 0 Å². The van der Waals surface area contributed by atoms with E-state index >= 15 is 0 Å². The van der Waals surface area contributed by atoms with Gasteiger partial charge < -0.3 is 8.85 Å². The molecule has 0 atom stereocenters. The van der Waals surface area contributed by atoms with Crippen LogP contribution in [0.3, 0.4) is 0 Å². The minimum absolute atomic E-state index is 0.0123. The zero-order valence-corrected chi connectivity index (χ0v) is 16.3. The standard InChI is InChI=1S/C19H32O2Si/c1-8-9-15-20-22(18(2,3)4,19(5,6)7)21-16-17-13-11-10-12-14-17/h8-14H,15-16H2,1-7H3. The van der Waals surface area contributed by atoms with Crippen molar-refractivity contribution in [3.8, 4) is 0 Å². The first-order valence-corrected chi connectivity index (χ1v) is 9.89. The predicted molar refractivity (Wildman–Crippen MR) is 97.2 cm³/mol. The fraction of sp³-hybridized carbons (Fsp3) is 0.579. The van der Waals surface area contributed by atoms with Crippen LogP contribution in [0.4, 0.5) is 0 Å². The van der Waals surface area contributed by atoms with E-state index in [9.17, 15) is 0 Å². The molecule has 0 amide bonds. The molecule has 124 valence electrons. The van der Waals surface area contributed by atoms with E-state index in [0.29, 0.717) is 13.2 Å². The van der Waals surface area contributed by atoms with Crippen LogP contribution >= 0.6 is 0 Å². The molecular formula is C19H32O2Si. The molecule has 0 fully saturated rings. The molecule has 0 aliphatic heterocycles. The largest absolute Gasteiger partial charge is 0.390 e. The summed E-state index contributed by atoms with van der Waals surface area (Å²) >= 11 is 0. The predicted octanol–water partition coefficient (Wildman–Crippen LogP) is 5.84. The maximum Gasteiger partial charge on any atom is 0.349 e. The lowest BCUT2D eigenvalue weighted by Crippen LogP contribution is -2.57. The van der Waals surface area contributed by atoms with Gasteiger partial charge in [-0.25, -0.2) is 0 Å². The molecule has 0 radical (unpaired) electrons. The molecule has 0 bridgehead atoms. The second kappa shape index (κ2) is 7.58. The fourth-order valence-electron chi connectivity index (χ4n) is 3.05. The highest BCUT2D eigenvalue weighted by Gasteiger charge is 2.58. The number of hydrogen-bond acceptors (Lipinski definition) is 2. The third-order valence-corrected chi connectivity index (χ3v) is 8.95. The Labute approximate surface area is 137 Å². The lowest BCUT2D eigenvalue weighted by Gasteiger charge is -2.48. The molecule has 0 saturated carbocycles. The molecule has 2 nitrogen and oxygen atoms in total. The number of benzene rings is 1. The molecule has 0 aliphatic carbocycles. The first kappa shape index (κ1) is 19.1. The number of hydrogen-bond donors (Lipinski definition) is 0. The summed E-state index contributed by atoms with van der Waals surface area (Å²) in [5.41, 5.74) is 1.20. The minimum Gasteiger partial charge on any atom is -0.390 e. The van der Waals surface area contributed by atoms with Gasteiger partial charge in [0.05, 0.1) is 13.2 Å². The van der Waals surface area contributed by atoms with Crippen LogP contribution in [0.5, 0.6) is 0 Å². The van der Waals surface area contributed by atoms with Gasteiger partial charge in [0.15, 0.2) is 0 Å². The van der Waals surface area contributed by atoms with Crippen molar-refractivity contribution in [1.82, 2.24) is 0 Å². The van der Waals surface area contributed by atoms with Crippen LogP contribution in [0.1, 0.15) is 54.0 Å². The van der Waals surface area contributed by atoms with Gasteiger partial charge in [-0.3, -0.25) is 0 Å². The molecule has 0 heterocycles. The third-order valence-electron chi connectivity index (χ3n) is 3.88. The summed E-state index contributed by atoms with van der Waals surface area (Å²) in [6, 6.07) is 10.4. The topological polar surface area (TPSA) is 18.5 Å². The average Bonchev–Trinajstić information content (AvgIpc) is 2.41. The lowest BCUT2D eigenvalue weighted by molar-refractivity contribution is 0.130. The Morgan fingerprint density at radius 1 is 0.909 bits per heavy atom. The van der Waals surface area contributed by atoms with Gasteiger partial charge >= 0.3 is 8.56 Å². The van der Waals surface area contributed by atoms with Crippen LogP contribution < -0.4 is 0 Å². The van der Waals surface area contributed by atoms with E-state index in [0.717, 1.165) is 0 Å². The van der Waals surface area contributed by atoms with E-state index < -0.39 is 8.56 Å². The number of rotatable bonds is 6. The minimum atomic E-state index is -2.47. The van der Waals surface area contributed by atoms with E-state index in [-0.39, 0.29) is 10.1 Å². The Morgan fingerprint density at radius 2 is 1.45 bits per heavy atom. The van der Waals surface area contributed by atoms with Crippen molar-refractivity contribution in [1.29, 1.82) is 0 Å². The second-order valence-corrected chi connectivity index (χ2v) is 12.6. The van der Waals surface area contributed by atoms with E-state index in [4.69, 9.17) is 8.85 Å². The van der Waals surface area contributed by atoms with Crippen molar-refractivity contribution < 1.29 is 8.85 Å². The van der Waals surface area contributed by atoms with Crippen molar-refractivity contribution in [3.63, 3.8) is 0 Å². The first-order valence-electron chi connectivity index (χ1n) is 8.07. The van der Waals surface area contributed by atoms with Crippen molar-refractivity contribution in [2.24, 2.45) is 0 Å². The van der Waals surface area contributed by atoms with Gasteiger partial charge in [-0.1, -0.05) is 84.0 Å². The van der Waals surface area contributed by atoms with Crippen molar-refractivity contribution in [2.75, 3.05) is 6.61 Å². The summed E-state index contributed by atoms with van der Waals surface area (Å²) in [5, 5.41) is -0.0246. The van der Waals surface area contributed by atoms with Crippen molar-refractivity contribution in [3.05, 3.63) is 48.0 Å². The lowest BCUT2D eigenvalue weighted by atomic mass is 10.2. The third kappa shape index (κ3) is 4.54. The van der Waals surface area contributed by atoms with Crippen LogP contribution in [0.15, 0.2) is 42.5 Å². The Hall–Kier alpha value is -0.903. The maximum absolute atomic E-state index is 6.57. The van der Waals surface area contributed by atoms with Gasteiger partial charge in [0, 0.05) is 10.1 Å². The average molecular weight is 321 g/mol. The zero-order valence-electron chi connectivity index (χ0n) is 15.3. The molecule has 1 aromatic rings. The quantitative estimate of drug-likeness (QED) is 0.484. The summed E-state index contributed by atoms with van der Waals surface area (Å²) in [6.45, 7) is 16.7. The summed E-state index contributed by atoms with van der Waals surface area (Å²) < 4.78 is 13.0. The smallest absolute Gasteiger partial charge is 0.349 e. The summed E-state index contributed by atoms with van der Waals surface area (Å²) in [6.07, 6.45) is 4.09. The highest BCUT2D eigenvalue weighted by atomic mass is 28.4. The van der Waals surface area contributed by atoms with Gasteiger partial charge in [-0.2, -0.15) is 0 Å². The molecule has 3 heteroatoms. The van der Waals surface area contributed by atoms with Gasteiger partial charge in [0.2, 0.25) is 0 Å². The van der Waals surface area contributed by atoms with Crippen LogP contribution in [-0.4, -0.2) is 15.2 Å². The Morgan fingerprint density at radius 3 is 1.91 bits per heavy atom. The van der Waals surface area contributed by atoms with Gasteiger partial charge in [-0.15, -0.1) is 0 Å². The molecule has 0 aliphatic rings. The summed E-state index contributed by atoms with van der Waals surface area (Å²) in [4.78, 5) is 0. The van der Waals surface area contributed by atoms with Crippen LogP contribution in [0, 0.1) is 0 Å². The number of allylic oxidation sites excluding steroid dienone is 1. The molecule has 0 spiro atoms. The van der Waals surface area contributed by atoms with Crippen LogP contribution in [-0.2, 0) is 15.5 Å². The highest BCUT2D eigenvalue weighted by Crippen LogP contribution is 2.52. The molecule has 0 N–H and O–H groups in total. The van der Waals surface area contributed by atoms with Crippen LogP contribution in [0.2, 0.25) is 10.1 Å². The Bertz CT molecular complexity index is 452. The Balaban J connectivity index is 3.07. The summed E-state index contributed by atoms with van der Waals surface area (Å²) in [7, 11) is -2.47. The Kier molecular flexibility index (Phi) is 6.60. The van der Waals surface area contributed by atoms with Gasteiger partial charge in [0.1, 0.15) is 0 Å². The van der Waals surface area contributed by atoms with E-state index in [2.05, 4.69) is 71.9 Å². The highest BCUT2D eigenvalue weighted by molar-refractivity contribution is 6.73. The van der Waals surface area contributed by atoms with Gasteiger partial charge in [-0.05, 0) is 12.5 Å². The van der Waals surface area contributed by atoms with Crippen molar-refractivity contribution >= 4 is 8.56 Å². The SMILES string of the molecule is CC=CCO[Si](OCc1ccccc1)(C(C)(C)C)C(C)(C)C. The molecule has 0 aromatic heterocycles. The second-order valence-electron chi connectivity index (χ2n) is 7.77. The normalized spacial score (nSPS) is 13.8. The first-order chi connectivity index (χ1) is 10.1. The molecular weight excluding hydrogens is 288 g/mol. The molecule has 0 unspecified atom stereocenters. The molecule has 0 saturated heterocycles. The van der Waals surface area contributed by atoms with Gasteiger partial charge in [0.25, 0.3) is 0 Å². The van der Waals surface area contributed by atoms with E-state index in [1.165, 1.54) is 5.56 Å². The van der Waals surface area contributed by atoms with E-state index in [1.54, 1.807) is 0 Å². The monoisotopic (exact) mass is 320 g/mol. The summed E-state index contributed by atoms with van der Waals surface area (Å²) in [5.74, 6) is 0. The fourth-order valence-corrected chi connectivity index (χ4v) is 7.82.